The molecule has 1 aromatic carbocycles. The monoisotopic (exact) mass is 615 g/mol. The Kier molecular flexibility index (Phi) is 9.78. The molecule has 4 rings (SSSR count). The molecule has 2 aromatic rings. The van der Waals surface area contributed by atoms with Crippen LogP contribution in [0.25, 0.3) is 10.9 Å². The normalized spacial score (nSPS) is 18.6. The Morgan fingerprint density at radius 3 is 2.59 bits per heavy atom. The van der Waals surface area contributed by atoms with Gasteiger partial charge in [0.25, 0.3) is 11.8 Å². The van der Waals surface area contributed by atoms with Crippen LogP contribution in [0.2, 0.25) is 0 Å². The minimum atomic E-state index is -3.17. The van der Waals surface area contributed by atoms with E-state index in [1.54, 1.807) is 23.1 Å². The number of aromatic hydroxyl groups is 1. The number of nitrogens with one attached hydrogen (secondary N) is 1. The molecule has 14 heteroatoms. The maximum atomic E-state index is 13.7. The SMILES string of the molecule is CN(CCCN1CCN(C(=O)OC(C)(C)C)CC1)c1ccc2ncc(O)c(C(=O)NCC(=O)N3CC(F)(F)C[C@H]3C#N)c2c1. The lowest BCUT2D eigenvalue weighted by atomic mass is 10.1. The van der Waals surface area contributed by atoms with Crippen LogP contribution in [0.1, 0.15) is 44.0 Å². The number of pyridine rings is 1. The lowest BCUT2D eigenvalue weighted by molar-refractivity contribution is -0.131. The highest BCUT2D eigenvalue weighted by Crippen LogP contribution is 2.32. The van der Waals surface area contributed by atoms with Crippen LogP contribution in [0, 0.1) is 11.3 Å². The minimum Gasteiger partial charge on any atom is -0.505 e. The van der Waals surface area contributed by atoms with E-state index in [1.165, 1.54) is 0 Å². The minimum absolute atomic E-state index is 0.0931. The highest BCUT2D eigenvalue weighted by molar-refractivity contribution is 6.09. The molecular formula is C30H39F2N7O5. The van der Waals surface area contributed by atoms with Gasteiger partial charge in [0.1, 0.15) is 17.4 Å². The fourth-order valence-electron chi connectivity index (χ4n) is 5.33. The van der Waals surface area contributed by atoms with Crippen molar-refractivity contribution in [2.75, 3.05) is 64.3 Å². The van der Waals surface area contributed by atoms with Crippen molar-refractivity contribution in [1.29, 1.82) is 5.26 Å². The summed E-state index contributed by atoms with van der Waals surface area (Å²) in [5.41, 5.74) is 0.604. The van der Waals surface area contributed by atoms with Crippen LogP contribution in [-0.2, 0) is 9.53 Å². The van der Waals surface area contributed by atoms with Gasteiger partial charge >= 0.3 is 6.09 Å². The number of hydrogen-bond donors (Lipinski definition) is 2. The molecule has 3 amide bonds. The van der Waals surface area contributed by atoms with Crippen molar-refractivity contribution in [3.05, 3.63) is 30.0 Å². The van der Waals surface area contributed by atoms with E-state index >= 15 is 0 Å². The van der Waals surface area contributed by atoms with Crippen molar-refractivity contribution in [3.8, 4) is 11.8 Å². The molecule has 1 aromatic heterocycles. The number of ether oxygens (including phenoxy) is 1. The first kappa shape index (κ1) is 32.7. The number of halogens is 2. The Morgan fingerprint density at radius 2 is 1.93 bits per heavy atom. The molecule has 0 unspecified atom stereocenters. The Bertz CT molecular complexity index is 1430. The third-order valence-corrected chi connectivity index (χ3v) is 7.63. The summed E-state index contributed by atoms with van der Waals surface area (Å²) < 4.78 is 33.0. The molecule has 1 atom stereocenters. The fourth-order valence-corrected chi connectivity index (χ4v) is 5.33. The van der Waals surface area contributed by atoms with Crippen molar-refractivity contribution < 1.29 is 33.0 Å². The molecule has 0 radical (unpaired) electrons. The number of nitrogens with zero attached hydrogens (tertiary/aromatic N) is 6. The third kappa shape index (κ3) is 8.02. The van der Waals surface area contributed by atoms with Gasteiger partial charge in [0.15, 0.2) is 0 Å². The number of fused-ring (bicyclic) bond motifs is 1. The van der Waals surface area contributed by atoms with Gasteiger partial charge in [0.2, 0.25) is 5.91 Å². The number of piperazine rings is 1. The van der Waals surface area contributed by atoms with Gasteiger partial charge in [-0.05, 0) is 51.9 Å². The Morgan fingerprint density at radius 1 is 1.23 bits per heavy atom. The second-order valence-electron chi connectivity index (χ2n) is 12.2. The zero-order valence-electron chi connectivity index (χ0n) is 25.5. The summed E-state index contributed by atoms with van der Waals surface area (Å²) in [5, 5.41) is 22.4. The zero-order chi connectivity index (χ0) is 32.2. The molecule has 0 aliphatic carbocycles. The standard InChI is InChI=1S/C30H39F2N7O5/c1-29(2,3)44-28(43)38-12-10-37(11-13-38)9-5-8-36(4)20-6-7-23-22(14-20)26(24(40)17-34-23)27(42)35-18-25(41)39-19-30(31,32)15-21(39)16-33/h6-7,14,17,21,40H,5,8-13,15,18-19H2,1-4H3,(H,35,42)/t21-/m0/s1. The van der Waals surface area contributed by atoms with Crippen molar-refractivity contribution in [2.24, 2.45) is 0 Å². The summed E-state index contributed by atoms with van der Waals surface area (Å²) >= 11 is 0. The van der Waals surface area contributed by atoms with Crippen LogP contribution in [0.3, 0.4) is 0 Å². The van der Waals surface area contributed by atoms with Gasteiger partial charge in [-0.15, -0.1) is 0 Å². The van der Waals surface area contributed by atoms with Gasteiger partial charge in [-0.25, -0.2) is 13.6 Å². The predicted molar refractivity (Wildman–Crippen MR) is 159 cm³/mol. The molecule has 238 valence electrons. The zero-order valence-corrected chi connectivity index (χ0v) is 25.5. The van der Waals surface area contributed by atoms with Crippen LogP contribution < -0.4 is 10.2 Å². The Labute approximate surface area is 255 Å². The summed E-state index contributed by atoms with van der Waals surface area (Å²) in [5.74, 6) is -5.14. The number of likely N-dealkylation sites (tertiary alicyclic amines) is 1. The van der Waals surface area contributed by atoms with E-state index in [2.05, 4.69) is 15.2 Å². The van der Waals surface area contributed by atoms with Crippen LogP contribution in [0.5, 0.6) is 5.75 Å². The van der Waals surface area contributed by atoms with E-state index in [0.29, 0.717) is 30.5 Å². The number of hydrogen-bond acceptors (Lipinski definition) is 9. The number of amides is 3. The number of carbonyl (C=O) groups excluding carboxylic acids is 3. The number of anilines is 1. The highest BCUT2D eigenvalue weighted by atomic mass is 19.3. The van der Waals surface area contributed by atoms with E-state index < -0.39 is 54.6 Å². The number of rotatable bonds is 8. The maximum absolute atomic E-state index is 13.7. The Hall–Kier alpha value is -4.25. The smallest absolute Gasteiger partial charge is 0.410 e. The first-order chi connectivity index (χ1) is 20.7. The number of alkyl halides is 2. The van der Waals surface area contributed by atoms with E-state index in [-0.39, 0.29) is 11.7 Å². The van der Waals surface area contributed by atoms with Crippen LogP contribution in [-0.4, -0.2) is 120 Å². The quantitative estimate of drug-likeness (QED) is 0.458. The summed E-state index contributed by atoms with van der Waals surface area (Å²) in [6, 6.07) is 5.74. The summed E-state index contributed by atoms with van der Waals surface area (Å²) in [4.78, 5) is 49.0. The number of aromatic nitrogens is 1. The third-order valence-electron chi connectivity index (χ3n) is 7.63. The topological polar surface area (TPSA) is 142 Å². The van der Waals surface area contributed by atoms with E-state index in [0.717, 1.165) is 42.8 Å². The molecule has 2 saturated heterocycles. The lowest BCUT2D eigenvalue weighted by Gasteiger charge is -2.35. The fraction of sp³-hybridized carbons (Fsp3) is 0.567. The molecule has 12 nitrogen and oxygen atoms in total. The van der Waals surface area contributed by atoms with Crippen molar-refractivity contribution >= 4 is 34.5 Å². The van der Waals surface area contributed by atoms with Crippen molar-refractivity contribution in [2.45, 2.75) is 51.2 Å². The first-order valence-electron chi connectivity index (χ1n) is 14.6. The van der Waals surface area contributed by atoms with Crippen LogP contribution in [0.15, 0.2) is 24.4 Å². The maximum Gasteiger partial charge on any atom is 0.410 e. The second-order valence-corrected chi connectivity index (χ2v) is 12.2. The predicted octanol–water partition coefficient (Wildman–Crippen LogP) is 2.81. The molecule has 0 saturated carbocycles. The molecule has 2 aliphatic heterocycles. The van der Waals surface area contributed by atoms with E-state index in [1.807, 2.05) is 38.8 Å². The molecule has 3 heterocycles. The summed E-state index contributed by atoms with van der Waals surface area (Å²) in [6.45, 7) is 8.28. The van der Waals surface area contributed by atoms with Crippen molar-refractivity contribution in [3.63, 3.8) is 0 Å². The number of nitriles is 1. The van der Waals surface area contributed by atoms with E-state index in [9.17, 15) is 28.3 Å². The molecule has 44 heavy (non-hydrogen) atoms. The van der Waals surface area contributed by atoms with Crippen molar-refractivity contribution in [1.82, 2.24) is 25.0 Å². The average molecular weight is 616 g/mol. The molecular weight excluding hydrogens is 576 g/mol. The summed E-state index contributed by atoms with van der Waals surface area (Å²) in [6.07, 6.45) is 0.934. The molecule has 2 fully saturated rings. The number of carbonyl (C=O) groups is 3. The molecule has 2 N–H and O–H groups in total. The van der Waals surface area contributed by atoms with Gasteiger partial charge < -0.3 is 29.9 Å². The molecule has 0 spiro atoms. The average Bonchev–Trinajstić information content (AvgIpc) is 3.29. The lowest BCUT2D eigenvalue weighted by Crippen LogP contribution is -2.50. The van der Waals surface area contributed by atoms with Gasteiger partial charge in [-0.1, -0.05) is 0 Å². The molecule has 0 bridgehead atoms. The van der Waals surface area contributed by atoms with Gasteiger partial charge in [0, 0.05) is 57.3 Å². The van der Waals surface area contributed by atoms with Gasteiger partial charge in [-0.3, -0.25) is 19.5 Å². The van der Waals surface area contributed by atoms with Crippen LogP contribution in [0.4, 0.5) is 19.3 Å². The Balaban J connectivity index is 1.34. The molecule has 2 aliphatic rings. The van der Waals surface area contributed by atoms with Gasteiger partial charge in [0.05, 0.1) is 36.4 Å². The highest BCUT2D eigenvalue weighted by Gasteiger charge is 2.47. The first-order valence-corrected chi connectivity index (χ1v) is 14.6. The van der Waals surface area contributed by atoms with Crippen LogP contribution >= 0.6 is 0 Å². The summed E-state index contributed by atoms with van der Waals surface area (Å²) in [7, 11) is 1.91. The number of benzene rings is 1. The van der Waals surface area contributed by atoms with Gasteiger partial charge in [-0.2, -0.15) is 5.26 Å². The largest absolute Gasteiger partial charge is 0.505 e. The second kappa shape index (κ2) is 13.2. The van der Waals surface area contributed by atoms with E-state index in [4.69, 9.17) is 10.00 Å².